The van der Waals surface area contributed by atoms with Gasteiger partial charge in [-0.25, -0.2) is 0 Å². The van der Waals surface area contributed by atoms with Crippen molar-refractivity contribution in [1.29, 1.82) is 0 Å². The van der Waals surface area contributed by atoms with Crippen LogP contribution in [0.1, 0.15) is 11.1 Å². The van der Waals surface area contributed by atoms with Crippen LogP contribution < -0.4 is 0 Å². The van der Waals surface area contributed by atoms with Crippen molar-refractivity contribution in [2.75, 3.05) is 7.05 Å². The van der Waals surface area contributed by atoms with Gasteiger partial charge in [0, 0.05) is 6.54 Å². The Morgan fingerprint density at radius 3 is 2.32 bits per heavy atom. The minimum Gasteiger partial charge on any atom is -0.504 e. The molecule has 0 fully saturated rings. The number of rotatable bonds is 6. The fourth-order valence-corrected chi connectivity index (χ4v) is 2.33. The van der Waals surface area contributed by atoms with Crippen molar-refractivity contribution in [3.63, 3.8) is 0 Å². The zero-order valence-corrected chi connectivity index (χ0v) is 12.3. The lowest BCUT2D eigenvalue weighted by Gasteiger charge is -2.25. The van der Waals surface area contributed by atoms with E-state index in [2.05, 4.69) is 0 Å². The van der Waals surface area contributed by atoms with Gasteiger partial charge in [-0.2, -0.15) is 0 Å². The van der Waals surface area contributed by atoms with Crippen molar-refractivity contribution in [3.8, 4) is 11.5 Å². The Balaban J connectivity index is 2.12. The van der Waals surface area contributed by atoms with Gasteiger partial charge in [-0.15, -0.1) is 0 Å². The Kier molecular flexibility index (Phi) is 5.01. The standard InChI is InChI=1S/C17H19NO4/c1-18(11-12-5-3-2-4-6-12)14(17(21)22)9-13-7-8-15(19)16(20)10-13/h2-8,10,14,19-20H,9,11H2,1H3,(H,21,22)/t14-/m0/s1. The first-order valence-corrected chi connectivity index (χ1v) is 6.95. The third kappa shape index (κ3) is 3.99. The van der Waals surface area contributed by atoms with Gasteiger partial charge in [-0.05, 0) is 36.7 Å². The molecule has 3 N–H and O–H groups in total. The van der Waals surface area contributed by atoms with E-state index in [4.69, 9.17) is 0 Å². The molecule has 5 nitrogen and oxygen atoms in total. The maximum Gasteiger partial charge on any atom is 0.321 e. The van der Waals surface area contributed by atoms with Crippen LogP contribution in [0.4, 0.5) is 0 Å². The van der Waals surface area contributed by atoms with Crippen molar-refractivity contribution in [3.05, 3.63) is 59.7 Å². The largest absolute Gasteiger partial charge is 0.504 e. The van der Waals surface area contributed by atoms with Crippen molar-refractivity contribution in [2.45, 2.75) is 19.0 Å². The second-order valence-corrected chi connectivity index (χ2v) is 5.28. The summed E-state index contributed by atoms with van der Waals surface area (Å²) in [6, 6.07) is 13.3. The molecular formula is C17H19NO4. The minimum atomic E-state index is -0.925. The molecule has 116 valence electrons. The van der Waals surface area contributed by atoms with E-state index >= 15 is 0 Å². The Morgan fingerprint density at radius 2 is 1.73 bits per heavy atom. The number of phenolic OH excluding ortho intramolecular Hbond substituents is 2. The Hall–Kier alpha value is -2.53. The number of carboxylic acid groups (broad SMARTS) is 1. The van der Waals surface area contributed by atoms with Crippen LogP contribution in [0, 0.1) is 0 Å². The molecule has 2 aromatic rings. The van der Waals surface area contributed by atoms with Crippen LogP contribution in [0.3, 0.4) is 0 Å². The van der Waals surface area contributed by atoms with Gasteiger partial charge in [0.1, 0.15) is 6.04 Å². The summed E-state index contributed by atoms with van der Waals surface area (Å²) in [4.78, 5) is 13.3. The summed E-state index contributed by atoms with van der Waals surface area (Å²) in [6.07, 6.45) is 0.243. The van der Waals surface area contributed by atoms with E-state index in [1.54, 1.807) is 18.0 Å². The minimum absolute atomic E-state index is 0.215. The Bertz CT molecular complexity index is 642. The van der Waals surface area contributed by atoms with E-state index in [-0.39, 0.29) is 17.9 Å². The van der Waals surface area contributed by atoms with Crippen LogP contribution >= 0.6 is 0 Å². The van der Waals surface area contributed by atoms with Gasteiger partial charge >= 0.3 is 5.97 Å². The lowest BCUT2D eigenvalue weighted by molar-refractivity contribution is -0.142. The maximum atomic E-state index is 11.5. The van der Waals surface area contributed by atoms with Gasteiger partial charge in [0.05, 0.1) is 0 Å². The van der Waals surface area contributed by atoms with Gasteiger partial charge < -0.3 is 15.3 Å². The topological polar surface area (TPSA) is 81.0 Å². The Morgan fingerprint density at radius 1 is 1.05 bits per heavy atom. The van der Waals surface area contributed by atoms with E-state index in [1.807, 2.05) is 30.3 Å². The molecule has 0 aliphatic rings. The molecule has 0 spiro atoms. The molecule has 0 aliphatic carbocycles. The number of nitrogens with zero attached hydrogens (tertiary/aromatic N) is 1. The van der Waals surface area contributed by atoms with E-state index in [0.717, 1.165) is 5.56 Å². The van der Waals surface area contributed by atoms with Crippen molar-refractivity contribution >= 4 is 5.97 Å². The molecule has 0 aromatic heterocycles. The first kappa shape index (κ1) is 15.9. The summed E-state index contributed by atoms with van der Waals surface area (Å²) in [5.74, 6) is -1.38. The predicted octanol–water partition coefficient (Wildman–Crippen LogP) is 2.23. The average molecular weight is 301 g/mol. The summed E-state index contributed by atoms with van der Waals surface area (Å²) in [5, 5.41) is 28.3. The maximum absolute atomic E-state index is 11.5. The van der Waals surface area contributed by atoms with Crippen LogP contribution in [-0.2, 0) is 17.8 Å². The zero-order chi connectivity index (χ0) is 16.1. The smallest absolute Gasteiger partial charge is 0.321 e. The van der Waals surface area contributed by atoms with Crippen molar-refractivity contribution in [1.82, 2.24) is 4.90 Å². The molecule has 0 amide bonds. The highest BCUT2D eigenvalue weighted by molar-refractivity contribution is 5.74. The number of aromatic hydroxyl groups is 2. The number of carbonyl (C=O) groups is 1. The van der Waals surface area contributed by atoms with Gasteiger partial charge in [0.2, 0.25) is 0 Å². The number of carboxylic acids is 1. The number of phenols is 2. The average Bonchev–Trinajstić information content (AvgIpc) is 2.49. The molecule has 22 heavy (non-hydrogen) atoms. The second-order valence-electron chi connectivity index (χ2n) is 5.28. The van der Waals surface area contributed by atoms with E-state index in [1.165, 1.54) is 12.1 Å². The monoisotopic (exact) mass is 301 g/mol. The summed E-state index contributed by atoms with van der Waals surface area (Å²) >= 11 is 0. The third-order valence-corrected chi connectivity index (χ3v) is 3.56. The number of benzene rings is 2. The van der Waals surface area contributed by atoms with Gasteiger partial charge in [0.15, 0.2) is 11.5 Å². The molecule has 5 heteroatoms. The second kappa shape index (κ2) is 6.95. The van der Waals surface area contributed by atoms with Gasteiger partial charge in [-0.1, -0.05) is 36.4 Å². The molecule has 0 aliphatic heterocycles. The van der Waals surface area contributed by atoms with Crippen molar-refractivity contribution in [2.24, 2.45) is 0 Å². The number of likely N-dealkylation sites (N-methyl/N-ethyl adjacent to an activating group) is 1. The van der Waals surface area contributed by atoms with E-state index in [0.29, 0.717) is 12.1 Å². The molecule has 2 aromatic carbocycles. The first-order chi connectivity index (χ1) is 10.5. The highest BCUT2D eigenvalue weighted by Crippen LogP contribution is 2.26. The number of hydrogen-bond donors (Lipinski definition) is 3. The molecule has 1 atom stereocenters. The summed E-state index contributed by atoms with van der Waals surface area (Å²) in [7, 11) is 1.76. The zero-order valence-electron chi connectivity index (χ0n) is 12.3. The molecule has 0 radical (unpaired) electrons. The van der Waals surface area contributed by atoms with Crippen molar-refractivity contribution < 1.29 is 20.1 Å². The van der Waals surface area contributed by atoms with Crippen LogP contribution in [0.2, 0.25) is 0 Å². The SMILES string of the molecule is CN(Cc1ccccc1)[C@@H](Cc1ccc(O)c(O)c1)C(=O)O. The molecule has 0 bridgehead atoms. The number of hydrogen-bond acceptors (Lipinski definition) is 4. The van der Waals surface area contributed by atoms with Crippen LogP contribution in [0.25, 0.3) is 0 Å². The first-order valence-electron chi connectivity index (χ1n) is 6.95. The quantitative estimate of drug-likeness (QED) is 0.713. The predicted molar refractivity (Wildman–Crippen MR) is 82.8 cm³/mol. The molecule has 0 saturated heterocycles. The molecular weight excluding hydrogens is 282 g/mol. The molecule has 0 heterocycles. The normalized spacial score (nSPS) is 12.3. The van der Waals surface area contributed by atoms with E-state index < -0.39 is 12.0 Å². The third-order valence-electron chi connectivity index (χ3n) is 3.56. The molecule has 0 saturated carbocycles. The lowest BCUT2D eigenvalue weighted by Crippen LogP contribution is -2.39. The van der Waals surface area contributed by atoms with Crippen LogP contribution in [0.5, 0.6) is 11.5 Å². The molecule has 0 unspecified atom stereocenters. The van der Waals surface area contributed by atoms with Gasteiger partial charge in [0.25, 0.3) is 0 Å². The summed E-state index contributed by atoms with van der Waals surface area (Å²) < 4.78 is 0. The fraction of sp³-hybridized carbons (Fsp3) is 0.235. The fourth-order valence-electron chi connectivity index (χ4n) is 2.33. The highest BCUT2D eigenvalue weighted by atomic mass is 16.4. The summed E-state index contributed by atoms with van der Waals surface area (Å²) in [6.45, 7) is 0.516. The molecule has 2 rings (SSSR count). The van der Waals surface area contributed by atoms with Gasteiger partial charge in [-0.3, -0.25) is 9.69 Å². The van der Waals surface area contributed by atoms with E-state index in [9.17, 15) is 20.1 Å². The number of aliphatic carboxylic acids is 1. The summed E-state index contributed by atoms with van der Waals surface area (Å²) in [5.41, 5.74) is 1.69. The van der Waals surface area contributed by atoms with Crippen LogP contribution in [-0.4, -0.2) is 39.3 Å². The Labute approximate surface area is 129 Å². The van der Waals surface area contributed by atoms with Crippen LogP contribution in [0.15, 0.2) is 48.5 Å². The lowest BCUT2D eigenvalue weighted by atomic mass is 10.0. The highest BCUT2D eigenvalue weighted by Gasteiger charge is 2.23.